The third kappa shape index (κ3) is 4.39. The first-order chi connectivity index (χ1) is 11.2. The topological polar surface area (TPSA) is 126 Å². The Morgan fingerprint density at radius 1 is 1.42 bits per heavy atom. The Kier molecular flexibility index (Phi) is 4.99. The van der Waals surface area contributed by atoms with Gasteiger partial charge in [0, 0.05) is 29.8 Å². The van der Waals surface area contributed by atoms with Gasteiger partial charge in [-0.25, -0.2) is 13.4 Å². The second kappa shape index (κ2) is 6.80. The summed E-state index contributed by atoms with van der Waals surface area (Å²) in [5, 5.41) is 23.6. The third-order valence-electron chi connectivity index (χ3n) is 3.44. The Balaban J connectivity index is 2.31. The molecule has 8 nitrogen and oxygen atoms in total. The van der Waals surface area contributed by atoms with Gasteiger partial charge in [-0.1, -0.05) is 0 Å². The third-order valence-corrected chi connectivity index (χ3v) is 4.42. The summed E-state index contributed by atoms with van der Waals surface area (Å²) < 4.78 is 22.4. The van der Waals surface area contributed by atoms with Crippen LogP contribution in [-0.4, -0.2) is 36.4 Å². The van der Waals surface area contributed by atoms with Crippen LogP contribution in [0.2, 0.25) is 0 Å². The van der Waals surface area contributed by atoms with Crippen molar-refractivity contribution in [3.05, 3.63) is 39.9 Å². The van der Waals surface area contributed by atoms with Gasteiger partial charge in [0.25, 0.3) is 5.69 Å². The predicted octanol–water partition coefficient (Wildman–Crippen LogP) is 2.25. The van der Waals surface area contributed by atoms with Gasteiger partial charge in [0.15, 0.2) is 0 Å². The Morgan fingerprint density at radius 2 is 2.12 bits per heavy atom. The molecule has 0 aliphatic heterocycles. The standard InChI is InChI=1S/C15H16N4O4S/c1-10(5-6-24(2,22)23)17-15-7-11(9-16)13-8-12(19(20)21)3-4-14(13)18-15/h3-4,7-8,10H,5-6H2,1-2H3,(H,17,18). The molecule has 0 amide bonds. The first-order valence-electron chi connectivity index (χ1n) is 7.13. The molecule has 0 saturated carbocycles. The number of fused-ring (bicyclic) bond motifs is 1. The largest absolute Gasteiger partial charge is 0.368 e. The van der Waals surface area contributed by atoms with Gasteiger partial charge in [0.1, 0.15) is 15.7 Å². The van der Waals surface area contributed by atoms with Crippen LogP contribution in [0.15, 0.2) is 24.3 Å². The smallest absolute Gasteiger partial charge is 0.270 e. The second-order valence-corrected chi connectivity index (χ2v) is 7.85. The summed E-state index contributed by atoms with van der Waals surface area (Å²) in [6, 6.07) is 7.48. The Morgan fingerprint density at radius 3 is 2.71 bits per heavy atom. The first kappa shape index (κ1) is 17.6. The zero-order chi connectivity index (χ0) is 17.9. The molecule has 1 aromatic heterocycles. The molecule has 1 aromatic carbocycles. The molecule has 0 aliphatic carbocycles. The number of aromatic nitrogens is 1. The number of hydrogen-bond acceptors (Lipinski definition) is 7. The number of nitriles is 1. The fourth-order valence-corrected chi connectivity index (χ4v) is 2.99. The maximum Gasteiger partial charge on any atom is 0.270 e. The van der Waals surface area contributed by atoms with Crippen LogP contribution in [0.25, 0.3) is 10.9 Å². The van der Waals surface area contributed by atoms with E-state index in [1.165, 1.54) is 30.5 Å². The lowest BCUT2D eigenvalue weighted by Crippen LogP contribution is -2.20. The van der Waals surface area contributed by atoms with E-state index in [0.29, 0.717) is 23.1 Å². The molecule has 24 heavy (non-hydrogen) atoms. The molecular weight excluding hydrogens is 332 g/mol. The van der Waals surface area contributed by atoms with Crippen LogP contribution in [0.3, 0.4) is 0 Å². The molecule has 9 heteroatoms. The maximum absolute atomic E-state index is 11.2. The van der Waals surface area contributed by atoms with Crippen LogP contribution in [-0.2, 0) is 9.84 Å². The van der Waals surface area contributed by atoms with Gasteiger partial charge in [-0.15, -0.1) is 0 Å². The van der Waals surface area contributed by atoms with Gasteiger partial charge in [0.05, 0.1) is 27.8 Å². The van der Waals surface area contributed by atoms with Crippen LogP contribution < -0.4 is 5.32 Å². The molecule has 0 bridgehead atoms. The average Bonchev–Trinajstić information content (AvgIpc) is 2.51. The highest BCUT2D eigenvalue weighted by Crippen LogP contribution is 2.25. The Bertz CT molecular complexity index is 934. The molecular formula is C15H16N4O4S. The van der Waals surface area contributed by atoms with Crippen molar-refractivity contribution >= 4 is 32.2 Å². The van der Waals surface area contributed by atoms with Gasteiger partial charge < -0.3 is 5.32 Å². The highest BCUT2D eigenvalue weighted by molar-refractivity contribution is 7.90. The minimum absolute atomic E-state index is 0.0477. The fraction of sp³-hybridized carbons (Fsp3) is 0.333. The number of nitro groups is 1. The summed E-state index contributed by atoms with van der Waals surface area (Å²) >= 11 is 0. The quantitative estimate of drug-likeness (QED) is 0.626. The lowest BCUT2D eigenvalue weighted by atomic mass is 10.1. The summed E-state index contributed by atoms with van der Waals surface area (Å²) in [5.74, 6) is 0.473. The van der Waals surface area contributed by atoms with Crippen molar-refractivity contribution in [3.63, 3.8) is 0 Å². The number of pyridine rings is 1. The van der Waals surface area contributed by atoms with E-state index in [-0.39, 0.29) is 23.0 Å². The van der Waals surface area contributed by atoms with Gasteiger partial charge in [0.2, 0.25) is 0 Å². The maximum atomic E-state index is 11.2. The summed E-state index contributed by atoms with van der Waals surface area (Å²) in [6.07, 6.45) is 1.58. The number of benzene rings is 1. The lowest BCUT2D eigenvalue weighted by Gasteiger charge is -2.15. The van der Waals surface area contributed by atoms with Gasteiger partial charge in [-0.3, -0.25) is 10.1 Å². The fourth-order valence-electron chi connectivity index (χ4n) is 2.21. The molecule has 1 heterocycles. The molecule has 0 saturated heterocycles. The summed E-state index contributed by atoms with van der Waals surface area (Å²) in [4.78, 5) is 14.7. The minimum atomic E-state index is -3.05. The van der Waals surface area contributed by atoms with E-state index in [9.17, 15) is 23.8 Å². The Hall–Kier alpha value is -2.73. The van der Waals surface area contributed by atoms with Crippen molar-refractivity contribution in [3.8, 4) is 6.07 Å². The molecule has 0 fully saturated rings. The van der Waals surface area contributed by atoms with Crippen molar-refractivity contribution in [2.24, 2.45) is 0 Å². The van der Waals surface area contributed by atoms with Crippen molar-refractivity contribution in [2.45, 2.75) is 19.4 Å². The summed E-state index contributed by atoms with van der Waals surface area (Å²) in [5.41, 5.74) is 0.613. The minimum Gasteiger partial charge on any atom is -0.368 e. The van der Waals surface area contributed by atoms with Gasteiger partial charge in [-0.2, -0.15) is 5.26 Å². The number of nitro benzene ring substituents is 1. The van der Waals surface area contributed by atoms with E-state index in [0.717, 1.165) is 0 Å². The number of hydrogen-bond donors (Lipinski definition) is 1. The zero-order valence-corrected chi connectivity index (χ0v) is 14.0. The highest BCUT2D eigenvalue weighted by atomic mass is 32.2. The normalized spacial score (nSPS) is 12.5. The molecule has 1 unspecified atom stereocenters. The highest BCUT2D eigenvalue weighted by Gasteiger charge is 2.13. The van der Waals surface area contributed by atoms with E-state index in [1.807, 2.05) is 13.0 Å². The van der Waals surface area contributed by atoms with Crippen molar-refractivity contribution in [1.29, 1.82) is 5.26 Å². The number of nitrogens with one attached hydrogen (secondary N) is 1. The molecule has 1 atom stereocenters. The second-order valence-electron chi connectivity index (χ2n) is 5.59. The zero-order valence-electron chi connectivity index (χ0n) is 13.2. The monoisotopic (exact) mass is 348 g/mol. The van der Waals surface area contributed by atoms with E-state index < -0.39 is 14.8 Å². The Labute approximate surface area is 139 Å². The number of anilines is 1. The van der Waals surface area contributed by atoms with Crippen LogP contribution in [0.1, 0.15) is 18.9 Å². The first-order valence-corrected chi connectivity index (χ1v) is 9.19. The van der Waals surface area contributed by atoms with Crippen LogP contribution in [0, 0.1) is 21.4 Å². The molecule has 126 valence electrons. The number of non-ortho nitro benzene ring substituents is 1. The van der Waals surface area contributed by atoms with Crippen LogP contribution >= 0.6 is 0 Å². The summed E-state index contributed by atoms with van der Waals surface area (Å²) in [6.45, 7) is 1.82. The van der Waals surface area contributed by atoms with Crippen molar-refractivity contribution in [2.75, 3.05) is 17.3 Å². The predicted molar refractivity (Wildman–Crippen MR) is 90.5 cm³/mol. The molecule has 0 spiro atoms. The van der Waals surface area contributed by atoms with E-state index in [1.54, 1.807) is 0 Å². The van der Waals surface area contributed by atoms with E-state index >= 15 is 0 Å². The molecule has 2 aromatic rings. The van der Waals surface area contributed by atoms with Crippen LogP contribution in [0.5, 0.6) is 0 Å². The molecule has 0 aliphatic rings. The molecule has 0 radical (unpaired) electrons. The van der Waals surface area contributed by atoms with Crippen molar-refractivity contribution < 1.29 is 13.3 Å². The van der Waals surface area contributed by atoms with Gasteiger partial charge >= 0.3 is 0 Å². The lowest BCUT2D eigenvalue weighted by molar-refractivity contribution is -0.384. The van der Waals surface area contributed by atoms with Crippen LogP contribution in [0.4, 0.5) is 11.5 Å². The summed E-state index contributed by atoms with van der Waals surface area (Å²) in [7, 11) is -3.05. The van der Waals surface area contributed by atoms with Gasteiger partial charge in [-0.05, 0) is 25.5 Å². The molecule has 2 rings (SSSR count). The number of sulfone groups is 1. The van der Waals surface area contributed by atoms with E-state index in [4.69, 9.17) is 0 Å². The van der Waals surface area contributed by atoms with Crippen molar-refractivity contribution in [1.82, 2.24) is 4.98 Å². The van der Waals surface area contributed by atoms with E-state index in [2.05, 4.69) is 10.3 Å². The number of rotatable bonds is 6. The average molecular weight is 348 g/mol. The number of nitrogens with zero attached hydrogens (tertiary/aromatic N) is 3. The molecule has 1 N–H and O–H groups in total. The SMILES string of the molecule is CC(CCS(C)(=O)=O)Nc1cc(C#N)c2cc([N+](=O)[O-])ccc2n1.